The Morgan fingerprint density at radius 3 is 2.50 bits per heavy atom. The molecule has 1 aromatic rings. The van der Waals surface area contributed by atoms with Gasteiger partial charge >= 0.3 is 12.3 Å². The molecule has 0 saturated carbocycles. The highest BCUT2D eigenvalue weighted by atomic mass is 32.2. The molecule has 7 heteroatoms. The maximum Gasteiger partial charge on any atom is 0.573 e. The van der Waals surface area contributed by atoms with Gasteiger partial charge in [-0.15, -0.1) is 24.9 Å². The third kappa shape index (κ3) is 3.34. The van der Waals surface area contributed by atoms with Gasteiger partial charge in [0.05, 0.1) is 5.56 Å². The van der Waals surface area contributed by atoms with E-state index in [1.807, 2.05) is 0 Å². The van der Waals surface area contributed by atoms with Crippen molar-refractivity contribution < 1.29 is 27.8 Å². The Morgan fingerprint density at radius 2 is 2.06 bits per heavy atom. The zero-order valence-corrected chi connectivity index (χ0v) is 8.85. The van der Waals surface area contributed by atoms with Crippen molar-refractivity contribution in [3.63, 3.8) is 0 Å². The molecule has 16 heavy (non-hydrogen) atoms. The van der Waals surface area contributed by atoms with Crippen LogP contribution in [0.2, 0.25) is 0 Å². The van der Waals surface area contributed by atoms with Crippen LogP contribution >= 0.6 is 11.8 Å². The second-order valence-electron chi connectivity index (χ2n) is 2.72. The number of aromatic carboxylic acids is 1. The van der Waals surface area contributed by atoms with Crippen molar-refractivity contribution >= 4 is 17.7 Å². The van der Waals surface area contributed by atoms with Crippen LogP contribution in [0, 0.1) is 0 Å². The average Bonchev–Trinajstić information content (AvgIpc) is 2.15. The minimum Gasteiger partial charge on any atom is -0.478 e. The van der Waals surface area contributed by atoms with E-state index < -0.39 is 18.1 Å². The Hall–Kier alpha value is -1.37. The molecule has 3 nitrogen and oxygen atoms in total. The predicted octanol–water partition coefficient (Wildman–Crippen LogP) is 3.01. The molecule has 0 spiro atoms. The molecular formula is C9H7F3O3S. The van der Waals surface area contributed by atoms with Gasteiger partial charge in [0.2, 0.25) is 0 Å². The van der Waals surface area contributed by atoms with Gasteiger partial charge in [-0.25, -0.2) is 4.79 Å². The molecular weight excluding hydrogens is 245 g/mol. The smallest absolute Gasteiger partial charge is 0.478 e. The minimum absolute atomic E-state index is 0.224. The maximum atomic E-state index is 12.0. The maximum absolute atomic E-state index is 12.0. The lowest BCUT2D eigenvalue weighted by atomic mass is 10.2. The Kier molecular flexibility index (Phi) is 3.69. The van der Waals surface area contributed by atoms with Gasteiger partial charge in [-0.1, -0.05) is 0 Å². The molecule has 0 heterocycles. The molecule has 0 unspecified atom stereocenters. The molecule has 0 radical (unpaired) electrons. The van der Waals surface area contributed by atoms with Crippen LogP contribution in [0.3, 0.4) is 0 Å². The first kappa shape index (κ1) is 12.7. The SMILES string of the molecule is CSc1ccc(C(=O)O)cc1OC(F)(F)F. The van der Waals surface area contributed by atoms with Crippen molar-refractivity contribution in [2.24, 2.45) is 0 Å². The van der Waals surface area contributed by atoms with Crippen LogP contribution in [0.25, 0.3) is 0 Å². The summed E-state index contributed by atoms with van der Waals surface area (Å²) in [5.41, 5.74) is -0.253. The van der Waals surface area contributed by atoms with Crippen LogP contribution in [0.1, 0.15) is 10.4 Å². The van der Waals surface area contributed by atoms with Gasteiger partial charge in [0.15, 0.2) is 0 Å². The summed E-state index contributed by atoms with van der Waals surface area (Å²) < 4.78 is 39.8. The summed E-state index contributed by atoms with van der Waals surface area (Å²) in [6, 6.07) is 3.34. The van der Waals surface area contributed by atoms with Crippen molar-refractivity contribution in [1.82, 2.24) is 0 Å². The van der Waals surface area contributed by atoms with E-state index in [1.165, 1.54) is 12.1 Å². The lowest BCUT2D eigenvalue weighted by Crippen LogP contribution is -2.18. The molecule has 0 aliphatic heterocycles. The Morgan fingerprint density at radius 1 is 1.44 bits per heavy atom. The van der Waals surface area contributed by atoms with Gasteiger partial charge in [0.1, 0.15) is 5.75 Å². The number of thioether (sulfide) groups is 1. The van der Waals surface area contributed by atoms with Crippen LogP contribution in [0.15, 0.2) is 23.1 Å². The fraction of sp³-hybridized carbons (Fsp3) is 0.222. The summed E-state index contributed by atoms with van der Waals surface area (Å²) >= 11 is 1.04. The molecule has 0 fully saturated rings. The molecule has 1 rings (SSSR count). The highest BCUT2D eigenvalue weighted by Gasteiger charge is 2.32. The lowest BCUT2D eigenvalue weighted by molar-refractivity contribution is -0.275. The predicted molar refractivity (Wildman–Crippen MR) is 51.9 cm³/mol. The number of benzene rings is 1. The molecule has 88 valence electrons. The Bertz CT molecular complexity index is 403. The molecule has 0 bridgehead atoms. The van der Waals surface area contributed by atoms with E-state index >= 15 is 0 Å². The molecule has 0 atom stereocenters. The number of hydrogen-bond donors (Lipinski definition) is 1. The van der Waals surface area contributed by atoms with Crippen LogP contribution in [0.4, 0.5) is 13.2 Å². The highest BCUT2D eigenvalue weighted by molar-refractivity contribution is 7.98. The van der Waals surface area contributed by atoms with Crippen LogP contribution in [-0.2, 0) is 0 Å². The topological polar surface area (TPSA) is 46.5 Å². The van der Waals surface area contributed by atoms with E-state index in [2.05, 4.69) is 4.74 Å². The average molecular weight is 252 g/mol. The first-order chi connectivity index (χ1) is 7.33. The van der Waals surface area contributed by atoms with Crippen LogP contribution < -0.4 is 4.74 Å². The van der Waals surface area contributed by atoms with Gasteiger partial charge in [-0.2, -0.15) is 0 Å². The Balaban J connectivity index is 3.12. The van der Waals surface area contributed by atoms with Crippen LogP contribution in [0.5, 0.6) is 5.75 Å². The lowest BCUT2D eigenvalue weighted by Gasteiger charge is -2.12. The number of carboxylic acids is 1. The fourth-order valence-corrected chi connectivity index (χ4v) is 1.52. The number of hydrogen-bond acceptors (Lipinski definition) is 3. The number of rotatable bonds is 3. The molecule has 1 N–H and O–H groups in total. The minimum atomic E-state index is -4.83. The monoisotopic (exact) mass is 252 g/mol. The first-order valence-electron chi connectivity index (χ1n) is 4.00. The first-order valence-corrected chi connectivity index (χ1v) is 5.23. The summed E-state index contributed by atoms with van der Waals surface area (Å²) in [6.07, 6.45) is -3.26. The number of ether oxygens (including phenoxy) is 1. The number of alkyl halides is 3. The van der Waals surface area contributed by atoms with Gasteiger partial charge in [-0.3, -0.25) is 0 Å². The molecule has 0 amide bonds. The van der Waals surface area contributed by atoms with E-state index in [0.717, 1.165) is 17.8 Å². The zero-order chi connectivity index (χ0) is 12.3. The van der Waals surface area contributed by atoms with Crippen molar-refractivity contribution in [1.29, 1.82) is 0 Å². The molecule has 1 aromatic carbocycles. The van der Waals surface area contributed by atoms with E-state index in [9.17, 15) is 18.0 Å². The van der Waals surface area contributed by atoms with Gasteiger partial charge in [0, 0.05) is 4.90 Å². The summed E-state index contributed by atoms with van der Waals surface area (Å²) in [6.45, 7) is 0. The quantitative estimate of drug-likeness (QED) is 0.840. The molecule has 0 aliphatic rings. The standard InChI is InChI=1S/C9H7F3O3S/c1-16-7-3-2-5(8(13)14)4-6(7)15-9(10,11)12/h2-4H,1H3,(H,13,14). The summed E-state index contributed by atoms with van der Waals surface area (Å²) in [4.78, 5) is 10.8. The number of halogens is 3. The number of carboxylic acid groups (broad SMARTS) is 1. The van der Waals surface area contributed by atoms with Gasteiger partial charge in [0.25, 0.3) is 0 Å². The summed E-state index contributed by atoms with van der Waals surface area (Å²) in [5.74, 6) is -1.81. The van der Waals surface area contributed by atoms with Crippen molar-refractivity contribution in [2.45, 2.75) is 11.3 Å². The van der Waals surface area contributed by atoms with Gasteiger partial charge in [-0.05, 0) is 24.5 Å². The van der Waals surface area contributed by atoms with E-state index in [1.54, 1.807) is 6.26 Å². The third-order valence-corrected chi connectivity index (χ3v) is 2.41. The van der Waals surface area contributed by atoms with Crippen molar-refractivity contribution in [2.75, 3.05) is 6.26 Å². The second kappa shape index (κ2) is 4.65. The largest absolute Gasteiger partial charge is 0.573 e. The van der Waals surface area contributed by atoms with Crippen LogP contribution in [-0.4, -0.2) is 23.7 Å². The normalized spacial score (nSPS) is 11.2. The summed E-state index contributed by atoms with van der Waals surface area (Å²) in [5, 5.41) is 8.63. The fourth-order valence-electron chi connectivity index (χ4n) is 1.01. The molecule has 0 saturated heterocycles. The Labute approximate surface area is 93.2 Å². The van der Waals surface area contributed by atoms with E-state index in [-0.39, 0.29) is 10.5 Å². The van der Waals surface area contributed by atoms with Crippen molar-refractivity contribution in [3.05, 3.63) is 23.8 Å². The molecule has 0 aromatic heterocycles. The number of carbonyl (C=O) groups is 1. The second-order valence-corrected chi connectivity index (χ2v) is 3.57. The van der Waals surface area contributed by atoms with Crippen molar-refractivity contribution in [3.8, 4) is 5.75 Å². The third-order valence-electron chi connectivity index (χ3n) is 1.64. The highest BCUT2D eigenvalue weighted by Crippen LogP contribution is 2.32. The summed E-state index contributed by atoms with van der Waals surface area (Å²) in [7, 11) is 0. The van der Waals surface area contributed by atoms with E-state index in [4.69, 9.17) is 5.11 Å². The molecule has 0 aliphatic carbocycles. The zero-order valence-electron chi connectivity index (χ0n) is 8.04. The van der Waals surface area contributed by atoms with Gasteiger partial charge < -0.3 is 9.84 Å². The van der Waals surface area contributed by atoms with E-state index in [0.29, 0.717) is 0 Å².